The van der Waals surface area contributed by atoms with E-state index in [1.54, 1.807) is 31.2 Å². The van der Waals surface area contributed by atoms with Crippen LogP contribution in [0.15, 0.2) is 58.3 Å². The maximum atomic E-state index is 12.8. The second-order valence-electron chi connectivity index (χ2n) is 7.45. The summed E-state index contributed by atoms with van der Waals surface area (Å²) in [5, 5.41) is 17.1. The molecule has 3 rings (SSSR count). The van der Waals surface area contributed by atoms with Gasteiger partial charge < -0.3 is 15.3 Å². The number of carbonyl (C=O) groups excluding carboxylic acids is 2. The molecule has 2 atom stereocenters. The first-order valence-electron chi connectivity index (χ1n) is 10.0. The van der Waals surface area contributed by atoms with Crippen LogP contribution >= 0.6 is 33.3 Å². The Balaban J connectivity index is 1.59. The molecule has 0 bridgehead atoms. The molecule has 0 radical (unpaired) electrons. The maximum Gasteiger partial charge on any atom is 0.327 e. The number of primary sulfonamides is 1. The molecule has 4 N–H and O–H groups in total. The maximum absolute atomic E-state index is 12.8. The Morgan fingerprint density at radius 3 is 2.53 bits per heavy atom. The number of hydrogen-bond acceptors (Lipinski definition) is 8. The average Bonchev–Trinajstić information content (AvgIpc) is 3.29. The molecule has 1 fully saturated rings. The Labute approximate surface area is 209 Å². The zero-order valence-electron chi connectivity index (χ0n) is 18.0. The normalized spacial score (nSPS) is 16.8. The number of sulfonamides is 1. The molecule has 1 aliphatic rings. The minimum atomic E-state index is -3.82. The second-order valence-corrected chi connectivity index (χ2v) is 12.4. The fraction of sp³-hybridized carbons (Fsp3) is 0.286. The molecule has 0 saturated carbocycles. The van der Waals surface area contributed by atoms with Gasteiger partial charge in [0, 0.05) is 28.0 Å². The van der Waals surface area contributed by atoms with Crippen molar-refractivity contribution < 1.29 is 27.9 Å². The van der Waals surface area contributed by atoms with Gasteiger partial charge in [-0.3, -0.25) is 9.59 Å². The monoisotopic (exact) mass is 541 g/mol. The van der Waals surface area contributed by atoms with Gasteiger partial charge in [-0.15, -0.1) is 11.8 Å². The van der Waals surface area contributed by atoms with Gasteiger partial charge >= 0.3 is 5.97 Å². The van der Waals surface area contributed by atoms with Crippen LogP contribution in [0.2, 0.25) is 0 Å². The van der Waals surface area contributed by atoms with E-state index in [0.29, 0.717) is 33.5 Å². The van der Waals surface area contributed by atoms with E-state index >= 15 is 0 Å². The van der Waals surface area contributed by atoms with Crippen molar-refractivity contribution in [2.24, 2.45) is 11.1 Å². The van der Waals surface area contributed by atoms with Gasteiger partial charge in [0.05, 0.1) is 16.3 Å². The summed E-state index contributed by atoms with van der Waals surface area (Å²) in [6.45, 7) is 1.77. The van der Waals surface area contributed by atoms with Gasteiger partial charge in [0.2, 0.25) is 15.9 Å². The number of carboxylic acids is 1. The highest BCUT2D eigenvalue weighted by atomic mass is 33.1. The van der Waals surface area contributed by atoms with E-state index in [4.69, 9.17) is 5.14 Å². The summed E-state index contributed by atoms with van der Waals surface area (Å²) < 4.78 is 22.8. The van der Waals surface area contributed by atoms with Gasteiger partial charge in [-0.05, 0) is 36.4 Å². The van der Waals surface area contributed by atoms with Crippen LogP contribution < -0.4 is 10.5 Å². The molecular formula is C21H23N3O6S4. The largest absolute Gasteiger partial charge is 0.480 e. The SMILES string of the molecule is CC(CSSc1ccccc1C(=O)Nc1ccc(S(N)(=O)=O)cc1)C(=O)N1CSCC1C(=O)O. The van der Waals surface area contributed by atoms with Gasteiger partial charge in [0.15, 0.2) is 0 Å². The minimum absolute atomic E-state index is 0.0521. The van der Waals surface area contributed by atoms with Crippen molar-refractivity contribution in [2.75, 3.05) is 22.7 Å². The van der Waals surface area contributed by atoms with E-state index in [2.05, 4.69) is 5.32 Å². The lowest BCUT2D eigenvalue weighted by Crippen LogP contribution is -2.44. The lowest BCUT2D eigenvalue weighted by atomic mass is 10.1. The number of nitrogens with one attached hydrogen (secondary N) is 1. The molecule has 2 amide bonds. The molecule has 182 valence electrons. The molecule has 34 heavy (non-hydrogen) atoms. The van der Waals surface area contributed by atoms with Crippen LogP contribution in [0.1, 0.15) is 17.3 Å². The van der Waals surface area contributed by atoms with Crippen molar-refractivity contribution in [3.8, 4) is 0 Å². The first-order valence-corrected chi connectivity index (χ1v) is 15.0. The summed E-state index contributed by atoms with van der Waals surface area (Å²) in [4.78, 5) is 38.9. The number of aliphatic carboxylic acids is 1. The summed E-state index contributed by atoms with van der Waals surface area (Å²) in [7, 11) is -1.06. The third-order valence-corrected chi connectivity index (χ3v) is 9.44. The summed E-state index contributed by atoms with van der Waals surface area (Å²) in [5.74, 6) is -0.721. The van der Waals surface area contributed by atoms with Crippen LogP contribution in [0.5, 0.6) is 0 Å². The molecular weight excluding hydrogens is 519 g/mol. The predicted molar refractivity (Wildman–Crippen MR) is 135 cm³/mol. The molecule has 1 saturated heterocycles. The summed E-state index contributed by atoms with van der Waals surface area (Å²) in [6, 6.07) is 11.7. The fourth-order valence-corrected chi connectivity index (χ4v) is 7.30. The smallest absolute Gasteiger partial charge is 0.327 e. The van der Waals surface area contributed by atoms with Crippen LogP contribution in [0.25, 0.3) is 0 Å². The van der Waals surface area contributed by atoms with E-state index in [9.17, 15) is 27.9 Å². The summed E-state index contributed by atoms with van der Waals surface area (Å²) in [5.41, 5.74) is 0.844. The summed E-state index contributed by atoms with van der Waals surface area (Å²) >= 11 is 1.42. The van der Waals surface area contributed by atoms with E-state index in [1.807, 2.05) is 0 Å². The number of carbonyl (C=O) groups is 3. The highest BCUT2D eigenvalue weighted by Crippen LogP contribution is 2.36. The number of anilines is 1. The van der Waals surface area contributed by atoms with Gasteiger partial charge in [-0.25, -0.2) is 18.4 Å². The molecule has 0 aliphatic carbocycles. The van der Waals surface area contributed by atoms with Gasteiger partial charge in [-0.1, -0.05) is 40.6 Å². The Morgan fingerprint density at radius 2 is 1.88 bits per heavy atom. The molecule has 13 heteroatoms. The summed E-state index contributed by atoms with van der Waals surface area (Å²) in [6.07, 6.45) is 0. The Morgan fingerprint density at radius 1 is 1.21 bits per heavy atom. The quantitative estimate of drug-likeness (QED) is 0.408. The first-order chi connectivity index (χ1) is 16.1. The number of nitrogens with two attached hydrogens (primary N) is 1. The van der Waals surface area contributed by atoms with Gasteiger partial charge in [0.25, 0.3) is 5.91 Å². The topological polar surface area (TPSA) is 147 Å². The highest BCUT2D eigenvalue weighted by molar-refractivity contribution is 8.76. The lowest BCUT2D eigenvalue weighted by molar-refractivity contribution is -0.148. The van der Waals surface area contributed by atoms with Crippen LogP contribution in [0.4, 0.5) is 5.69 Å². The molecule has 0 spiro atoms. The Hall–Kier alpha value is -2.19. The number of hydrogen-bond donors (Lipinski definition) is 3. The van der Waals surface area contributed by atoms with Crippen molar-refractivity contribution in [1.82, 2.24) is 4.90 Å². The number of carboxylic acid groups (broad SMARTS) is 1. The van der Waals surface area contributed by atoms with Crippen molar-refractivity contribution in [3.63, 3.8) is 0 Å². The Kier molecular flexibility index (Phi) is 8.93. The second kappa shape index (κ2) is 11.5. The number of nitrogens with zero attached hydrogens (tertiary/aromatic N) is 1. The number of benzene rings is 2. The molecule has 2 unspecified atom stereocenters. The minimum Gasteiger partial charge on any atom is -0.480 e. The van der Waals surface area contributed by atoms with Crippen LogP contribution in [-0.4, -0.2) is 59.6 Å². The average molecular weight is 542 g/mol. The number of amides is 2. The lowest BCUT2D eigenvalue weighted by Gasteiger charge is -2.23. The molecule has 9 nitrogen and oxygen atoms in total. The van der Waals surface area contributed by atoms with Gasteiger partial charge in [0.1, 0.15) is 6.04 Å². The van der Waals surface area contributed by atoms with Crippen molar-refractivity contribution >= 4 is 66.8 Å². The van der Waals surface area contributed by atoms with Crippen molar-refractivity contribution in [2.45, 2.75) is 22.8 Å². The number of rotatable bonds is 9. The van der Waals surface area contributed by atoms with E-state index in [1.165, 1.54) is 62.5 Å². The molecule has 1 aliphatic heterocycles. The van der Waals surface area contributed by atoms with E-state index in [-0.39, 0.29) is 22.6 Å². The first kappa shape index (κ1) is 26.4. The van der Waals surface area contributed by atoms with Crippen LogP contribution in [0.3, 0.4) is 0 Å². The molecule has 1 heterocycles. The van der Waals surface area contributed by atoms with E-state index < -0.39 is 22.0 Å². The third kappa shape index (κ3) is 6.69. The van der Waals surface area contributed by atoms with Crippen molar-refractivity contribution in [3.05, 3.63) is 54.1 Å². The highest BCUT2D eigenvalue weighted by Gasteiger charge is 2.36. The Bertz CT molecular complexity index is 1170. The van der Waals surface area contributed by atoms with Crippen molar-refractivity contribution in [1.29, 1.82) is 0 Å². The zero-order valence-corrected chi connectivity index (χ0v) is 21.3. The fourth-order valence-electron chi connectivity index (χ4n) is 3.07. The van der Waals surface area contributed by atoms with Gasteiger partial charge in [-0.2, -0.15) is 0 Å². The zero-order chi connectivity index (χ0) is 24.9. The van der Waals surface area contributed by atoms with Crippen LogP contribution in [0, 0.1) is 5.92 Å². The predicted octanol–water partition coefficient (Wildman–Crippen LogP) is 2.95. The molecule has 2 aromatic carbocycles. The third-order valence-electron chi connectivity index (χ3n) is 4.91. The number of thioether (sulfide) groups is 1. The molecule has 2 aromatic rings. The van der Waals surface area contributed by atoms with Crippen LogP contribution in [-0.2, 0) is 19.6 Å². The standard InChI is InChI=1S/C21H23N3O6S4/c1-13(20(26)24-12-31-11-17(24)21(27)28)10-32-33-18-5-3-2-4-16(18)19(25)23-14-6-8-15(9-7-14)34(22,29)30/h2-9,13,17H,10-12H2,1H3,(H,23,25)(H,27,28)(H2,22,29,30). The van der Waals surface area contributed by atoms with E-state index in [0.717, 1.165) is 0 Å². The molecule has 0 aromatic heterocycles.